The van der Waals surface area contributed by atoms with Gasteiger partial charge in [0.2, 0.25) is 7.29 Å². The van der Waals surface area contributed by atoms with E-state index in [9.17, 15) is 4.57 Å². The quantitative estimate of drug-likeness (QED) is 0.795. The summed E-state index contributed by atoms with van der Waals surface area (Å²) >= 11 is 0. The minimum Gasteiger partial charge on any atom is -0.370 e. The van der Waals surface area contributed by atoms with Gasteiger partial charge in [-0.3, -0.25) is 9.99 Å². The maximum atomic E-state index is 13.9. The fourth-order valence-corrected chi connectivity index (χ4v) is 6.52. The van der Waals surface area contributed by atoms with Crippen LogP contribution in [0.5, 0.6) is 0 Å². The van der Waals surface area contributed by atoms with E-state index in [0.29, 0.717) is 0 Å². The van der Waals surface area contributed by atoms with E-state index in [-0.39, 0.29) is 5.41 Å². The van der Waals surface area contributed by atoms with Gasteiger partial charge in [-0.05, 0) is 17.5 Å². The molecule has 2 saturated heterocycles. The number of nitrogens with one attached hydrogen (secondary N) is 2. The van der Waals surface area contributed by atoms with Gasteiger partial charge < -0.3 is 9.64 Å². The van der Waals surface area contributed by atoms with Crippen LogP contribution in [0.25, 0.3) is 0 Å². The van der Waals surface area contributed by atoms with Crippen LogP contribution in [-0.2, 0) is 9.30 Å². The van der Waals surface area contributed by atoms with Crippen LogP contribution in [0.1, 0.15) is 20.3 Å². The highest BCUT2D eigenvalue weighted by Crippen LogP contribution is 2.63. The summed E-state index contributed by atoms with van der Waals surface area (Å²) in [7, 11) is -2.71. The molecular weight excluding hydrogens is 333 g/mol. The fourth-order valence-electron chi connectivity index (χ4n) is 4.15. The Morgan fingerprint density at radius 3 is 2.56 bits per heavy atom. The van der Waals surface area contributed by atoms with Crippen LogP contribution >= 0.6 is 7.29 Å². The third kappa shape index (κ3) is 2.95. The number of hydrazine groups is 1. The molecule has 4 rings (SSSR count). The molecule has 6 heteroatoms. The molecule has 1 aliphatic carbocycles. The number of nitrogens with zero attached hydrogens (tertiary/aromatic N) is 1. The molecule has 0 saturated carbocycles. The van der Waals surface area contributed by atoms with Gasteiger partial charge in [0.15, 0.2) is 0 Å². The topological polar surface area (TPSA) is 46.0 Å². The number of hydrogen-bond donors (Lipinski definition) is 2. The summed E-state index contributed by atoms with van der Waals surface area (Å²) in [5.74, 6) is 0. The zero-order valence-corrected chi connectivity index (χ0v) is 16.1. The maximum Gasteiger partial charge on any atom is 0.223 e. The number of para-hydroxylation sites is 1. The molecule has 0 radical (unpaired) electrons. The largest absolute Gasteiger partial charge is 0.370 e. The monoisotopic (exact) mass is 360 g/mol. The molecule has 3 aliphatic rings. The van der Waals surface area contributed by atoms with Crippen molar-refractivity contribution < 1.29 is 14.2 Å². The predicted octanol–water partition coefficient (Wildman–Crippen LogP) is 2.36. The zero-order valence-electron chi connectivity index (χ0n) is 15.2. The molecule has 1 atom stereocenters. The first kappa shape index (κ1) is 16.9. The number of rotatable bonds is 2. The first-order chi connectivity index (χ1) is 11.9. The maximum absolute atomic E-state index is 13.9. The van der Waals surface area contributed by atoms with Gasteiger partial charge >= 0.3 is 0 Å². The van der Waals surface area contributed by atoms with Crippen molar-refractivity contribution in [1.29, 1.82) is 0 Å². The van der Waals surface area contributed by atoms with E-state index < -0.39 is 7.29 Å². The van der Waals surface area contributed by atoms with Crippen molar-refractivity contribution in [2.45, 2.75) is 20.3 Å². The Bertz CT molecular complexity index is 779. The van der Waals surface area contributed by atoms with E-state index in [1.165, 1.54) is 10.6 Å². The molecule has 25 heavy (non-hydrogen) atoms. The SMILES string of the molecule is CC1(C)C=C2NN(c3ccccc3)[P@@](C)(=O)C2=C([NH+]2CCOCC2)C1. The second-order valence-corrected chi connectivity index (χ2v) is 10.5. The number of allylic oxidation sites excluding steroid dienone is 3. The number of ether oxygens (including phenoxy) is 1. The third-order valence-corrected chi connectivity index (χ3v) is 7.69. The predicted molar refractivity (Wildman–Crippen MR) is 101 cm³/mol. The first-order valence-electron chi connectivity index (χ1n) is 8.98. The normalized spacial score (nSPS) is 29.2. The molecule has 0 spiro atoms. The van der Waals surface area contributed by atoms with E-state index in [1.54, 1.807) is 0 Å². The number of fused-ring (bicyclic) bond motifs is 1. The first-order valence-corrected chi connectivity index (χ1v) is 11.1. The smallest absolute Gasteiger partial charge is 0.223 e. The molecule has 2 N–H and O–H groups in total. The summed E-state index contributed by atoms with van der Waals surface area (Å²) in [6, 6.07) is 9.97. The number of quaternary nitrogens is 1. The highest BCUT2D eigenvalue weighted by atomic mass is 31.2. The summed E-state index contributed by atoms with van der Waals surface area (Å²) in [5, 5.41) is 1.03. The Morgan fingerprint density at radius 2 is 1.88 bits per heavy atom. The van der Waals surface area contributed by atoms with Crippen molar-refractivity contribution in [2.75, 3.05) is 37.7 Å². The van der Waals surface area contributed by atoms with Crippen LogP contribution in [-0.4, -0.2) is 33.0 Å². The highest BCUT2D eigenvalue weighted by molar-refractivity contribution is 7.69. The number of benzene rings is 1. The van der Waals surface area contributed by atoms with Gasteiger partial charge in [-0.2, -0.15) is 0 Å². The van der Waals surface area contributed by atoms with Crippen LogP contribution in [0.2, 0.25) is 0 Å². The summed E-state index contributed by atoms with van der Waals surface area (Å²) < 4.78 is 21.3. The number of hydrogen-bond acceptors (Lipinski definition) is 3. The minimum absolute atomic E-state index is 0.0547. The van der Waals surface area contributed by atoms with Gasteiger partial charge in [-0.25, -0.2) is 4.78 Å². The molecule has 0 amide bonds. The second kappa shape index (κ2) is 6.01. The van der Waals surface area contributed by atoms with E-state index >= 15 is 0 Å². The fraction of sp³-hybridized carbons (Fsp3) is 0.474. The second-order valence-electron chi connectivity index (χ2n) is 7.90. The minimum atomic E-state index is -2.71. The molecule has 2 fully saturated rings. The van der Waals surface area contributed by atoms with Crippen LogP contribution in [0.15, 0.2) is 53.1 Å². The van der Waals surface area contributed by atoms with Crippen LogP contribution < -0.4 is 15.1 Å². The number of anilines is 1. The Balaban J connectivity index is 1.82. The summed E-state index contributed by atoms with van der Waals surface area (Å²) in [4.78, 5) is 1.43. The van der Waals surface area contributed by atoms with Crippen molar-refractivity contribution in [3.8, 4) is 0 Å². The lowest BCUT2D eigenvalue weighted by molar-refractivity contribution is -0.871. The van der Waals surface area contributed by atoms with Gasteiger partial charge in [-0.15, -0.1) is 0 Å². The molecule has 0 aromatic heterocycles. The van der Waals surface area contributed by atoms with Crippen LogP contribution in [0.3, 0.4) is 0 Å². The molecule has 1 aromatic rings. The van der Waals surface area contributed by atoms with Crippen molar-refractivity contribution in [3.05, 3.63) is 53.1 Å². The summed E-state index contributed by atoms with van der Waals surface area (Å²) in [5.41, 5.74) is 6.79. The van der Waals surface area contributed by atoms with Gasteiger partial charge in [0.05, 0.1) is 24.6 Å². The molecule has 1 aromatic carbocycles. The molecule has 2 heterocycles. The molecule has 0 unspecified atom stereocenters. The molecule has 0 bridgehead atoms. The van der Waals surface area contributed by atoms with Crippen LogP contribution in [0.4, 0.5) is 5.69 Å². The molecule has 5 nitrogen and oxygen atoms in total. The Morgan fingerprint density at radius 1 is 1.20 bits per heavy atom. The molecule has 2 aliphatic heterocycles. The molecular formula is C19H27N3O2P+. The lowest BCUT2D eigenvalue weighted by atomic mass is 9.82. The van der Waals surface area contributed by atoms with Gasteiger partial charge in [-0.1, -0.05) is 38.1 Å². The van der Waals surface area contributed by atoms with Crippen molar-refractivity contribution in [3.63, 3.8) is 0 Å². The number of morpholine rings is 1. The third-order valence-electron chi connectivity index (χ3n) is 5.26. The van der Waals surface area contributed by atoms with Crippen molar-refractivity contribution in [1.82, 2.24) is 5.43 Å². The van der Waals surface area contributed by atoms with E-state index in [1.807, 2.05) is 41.8 Å². The average Bonchev–Trinajstić information content (AvgIpc) is 2.85. The lowest BCUT2D eigenvalue weighted by Gasteiger charge is -2.34. The van der Waals surface area contributed by atoms with Gasteiger partial charge in [0.1, 0.15) is 24.1 Å². The van der Waals surface area contributed by atoms with E-state index in [4.69, 9.17) is 4.74 Å². The van der Waals surface area contributed by atoms with E-state index in [2.05, 4.69) is 25.3 Å². The highest BCUT2D eigenvalue weighted by Gasteiger charge is 2.48. The van der Waals surface area contributed by atoms with E-state index in [0.717, 1.165) is 49.4 Å². The summed E-state index contributed by atoms with van der Waals surface area (Å²) in [6.45, 7) is 9.85. The average molecular weight is 360 g/mol. The lowest BCUT2D eigenvalue weighted by Crippen LogP contribution is -3.12. The van der Waals surface area contributed by atoms with Crippen LogP contribution in [0, 0.1) is 5.41 Å². The zero-order chi connectivity index (χ0) is 17.7. The standard InChI is InChI=1S/C19H26N3O2P/c1-19(2)13-16-18(17(14-19)21-9-11-24-12-10-21)25(3,23)22(20-16)15-7-5-4-6-8-15/h4-8,13,20H,9-12,14H2,1-3H3/p+1/t25-/m0/s1. The Hall–Kier alpha value is -1.55. The van der Waals surface area contributed by atoms with Crippen molar-refractivity contribution >= 4 is 13.0 Å². The van der Waals surface area contributed by atoms with Crippen molar-refractivity contribution in [2.24, 2.45) is 5.41 Å². The van der Waals surface area contributed by atoms with Gasteiger partial charge in [0.25, 0.3) is 0 Å². The van der Waals surface area contributed by atoms with Gasteiger partial charge in [0, 0.05) is 13.1 Å². The Kier molecular flexibility index (Phi) is 4.06. The molecule has 134 valence electrons. The summed E-state index contributed by atoms with van der Waals surface area (Å²) in [6.07, 6.45) is 3.20. The Labute approximate surface area is 149 Å².